The zero-order valence-corrected chi connectivity index (χ0v) is 11.6. The fourth-order valence-electron chi connectivity index (χ4n) is 2.01. The van der Waals surface area contributed by atoms with Crippen LogP contribution in [-0.2, 0) is 16.1 Å². The van der Waals surface area contributed by atoms with Crippen LogP contribution in [-0.4, -0.2) is 41.8 Å². The summed E-state index contributed by atoms with van der Waals surface area (Å²) in [4.78, 5) is 13.5. The number of benzene rings is 1. The van der Waals surface area contributed by atoms with Crippen LogP contribution in [0.3, 0.4) is 0 Å². The summed E-state index contributed by atoms with van der Waals surface area (Å²) in [6.45, 7) is 1.33. The molecule has 1 N–H and O–H groups in total. The van der Waals surface area contributed by atoms with Crippen LogP contribution in [0.1, 0.15) is 12.0 Å². The second-order valence-corrected chi connectivity index (χ2v) is 5.27. The number of ether oxygens (including phenoxy) is 1. The van der Waals surface area contributed by atoms with Crippen LogP contribution in [0, 0.1) is 0 Å². The summed E-state index contributed by atoms with van der Waals surface area (Å²) < 4.78 is 6.37. The SMILES string of the molecule is O=C1COC(CCO)CN1Cc1cccc(Br)c1. The van der Waals surface area contributed by atoms with Crippen molar-refractivity contribution >= 4 is 21.8 Å². The average Bonchev–Trinajstić information content (AvgIpc) is 2.34. The number of aliphatic hydroxyl groups excluding tert-OH is 1. The maximum absolute atomic E-state index is 11.8. The van der Waals surface area contributed by atoms with E-state index in [0.717, 1.165) is 10.0 Å². The zero-order chi connectivity index (χ0) is 13.0. The van der Waals surface area contributed by atoms with Crippen molar-refractivity contribution in [3.63, 3.8) is 0 Å². The number of amides is 1. The second kappa shape index (κ2) is 6.31. The van der Waals surface area contributed by atoms with E-state index in [1.807, 2.05) is 24.3 Å². The second-order valence-electron chi connectivity index (χ2n) is 4.35. The third-order valence-electron chi connectivity index (χ3n) is 2.93. The standard InChI is InChI=1S/C13H16BrNO3/c14-11-3-1-2-10(6-11)7-15-8-12(4-5-16)18-9-13(15)17/h1-3,6,12,16H,4-5,7-9H2. The molecule has 1 fully saturated rings. The number of carbonyl (C=O) groups excluding carboxylic acids is 1. The van der Waals surface area contributed by atoms with Gasteiger partial charge < -0.3 is 14.7 Å². The number of hydrogen-bond acceptors (Lipinski definition) is 3. The van der Waals surface area contributed by atoms with E-state index in [0.29, 0.717) is 19.5 Å². The predicted molar refractivity (Wildman–Crippen MR) is 71.0 cm³/mol. The van der Waals surface area contributed by atoms with Crippen LogP contribution in [0.15, 0.2) is 28.7 Å². The summed E-state index contributed by atoms with van der Waals surface area (Å²) in [5.74, 6) is 0.00386. The number of hydrogen-bond donors (Lipinski definition) is 1. The molecule has 1 aromatic carbocycles. The van der Waals surface area contributed by atoms with Gasteiger partial charge in [-0.15, -0.1) is 0 Å². The number of morpholine rings is 1. The topological polar surface area (TPSA) is 49.8 Å². The van der Waals surface area contributed by atoms with Gasteiger partial charge in [0.2, 0.25) is 5.91 Å². The molecule has 98 valence electrons. The van der Waals surface area contributed by atoms with E-state index in [2.05, 4.69) is 15.9 Å². The molecule has 1 aliphatic heterocycles. The van der Waals surface area contributed by atoms with Crippen LogP contribution in [0.5, 0.6) is 0 Å². The number of aliphatic hydroxyl groups is 1. The highest BCUT2D eigenvalue weighted by Gasteiger charge is 2.25. The minimum absolute atomic E-state index is 0.00386. The Morgan fingerprint density at radius 2 is 2.33 bits per heavy atom. The highest BCUT2D eigenvalue weighted by molar-refractivity contribution is 9.10. The molecule has 0 aromatic heterocycles. The summed E-state index contributed by atoms with van der Waals surface area (Å²) >= 11 is 3.42. The molecule has 1 aliphatic rings. The Labute approximate surface area is 115 Å². The summed E-state index contributed by atoms with van der Waals surface area (Å²) in [6.07, 6.45) is 0.516. The molecule has 0 saturated carbocycles. The Morgan fingerprint density at radius 1 is 1.50 bits per heavy atom. The molecule has 0 aliphatic carbocycles. The van der Waals surface area contributed by atoms with Crippen LogP contribution in [0.2, 0.25) is 0 Å². The van der Waals surface area contributed by atoms with Crippen LogP contribution in [0.25, 0.3) is 0 Å². The molecule has 0 bridgehead atoms. The molecular formula is C13H16BrNO3. The van der Waals surface area contributed by atoms with Crippen LogP contribution >= 0.6 is 15.9 Å². The van der Waals surface area contributed by atoms with Gasteiger partial charge in [-0.1, -0.05) is 28.1 Å². The molecule has 1 saturated heterocycles. The highest BCUT2D eigenvalue weighted by atomic mass is 79.9. The molecule has 18 heavy (non-hydrogen) atoms. The van der Waals surface area contributed by atoms with Crippen molar-refractivity contribution in [2.24, 2.45) is 0 Å². The monoisotopic (exact) mass is 313 g/mol. The van der Waals surface area contributed by atoms with Crippen molar-refractivity contribution < 1.29 is 14.6 Å². The molecular weight excluding hydrogens is 298 g/mol. The lowest BCUT2D eigenvalue weighted by molar-refractivity contribution is -0.150. The first-order valence-corrected chi connectivity index (χ1v) is 6.73. The van der Waals surface area contributed by atoms with Gasteiger partial charge in [-0.05, 0) is 24.1 Å². The van der Waals surface area contributed by atoms with E-state index < -0.39 is 0 Å². The van der Waals surface area contributed by atoms with Gasteiger partial charge in [0.25, 0.3) is 0 Å². The third kappa shape index (κ3) is 3.54. The fraction of sp³-hybridized carbons (Fsp3) is 0.462. The van der Waals surface area contributed by atoms with Gasteiger partial charge in [-0.3, -0.25) is 4.79 Å². The molecule has 1 atom stereocenters. The van der Waals surface area contributed by atoms with Gasteiger partial charge in [0.15, 0.2) is 0 Å². The summed E-state index contributed by atoms with van der Waals surface area (Å²) in [7, 11) is 0. The minimum Gasteiger partial charge on any atom is -0.396 e. The van der Waals surface area contributed by atoms with Crippen LogP contribution < -0.4 is 0 Å². The molecule has 4 nitrogen and oxygen atoms in total. The molecule has 1 amide bonds. The lowest BCUT2D eigenvalue weighted by Gasteiger charge is -2.32. The van der Waals surface area contributed by atoms with E-state index in [1.54, 1.807) is 4.90 Å². The Hall–Kier alpha value is -0.910. The molecule has 1 aromatic rings. The van der Waals surface area contributed by atoms with Crippen molar-refractivity contribution in [2.75, 3.05) is 19.8 Å². The van der Waals surface area contributed by atoms with E-state index in [-0.39, 0.29) is 25.2 Å². The van der Waals surface area contributed by atoms with Crippen molar-refractivity contribution in [3.8, 4) is 0 Å². The van der Waals surface area contributed by atoms with Gasteiger partial charge in [-0.25, -0.2) is 0 Å². The van der Waals surface area contributed by atoms with Gasteiger partial charge in [0, 0.05) is 24.2 Å². The summed E-state index contributed by atoms with van der Waals surface area (Å²) in [5, 5.41) is 8.91. The third-order valence-corrected chi connectivity index (χ3v) is 3.43. The van der Waals surface area contributed by atoms with Crippen molar-refractivity contribution in [3.05, 3.63) is 34.3 Å². The number of rotatable bonds is 4. The lowest BCUT2D eigenvalue weighted by atomic mass is 10.1. The smallest absolute Gasteiger partial charge is 0.248 e. The largest absolute Gasteiger partial charge is 0.396 e. The Morgan fingerprint density at radius 3 is 3.06 bits per heavy atom. The first kappa shape index (κ1) is 13.5. The van der Waals surface area contributed by atoms with E-state index in [1.165, 1.54) is 0 Å². The maximum Gasteiger partial charge on any atom is 0.248 e. The molecule has 1 unspecified atom stereocenters. The minimum atomic E-state index is -0.0557. The fourth-order valence-corrected chi connectivity index (χ4v) is 2.45. The number of carbonyl (C=O) groups is 1. The molecule has 5 heteroatoms. The molecule has 2 rings (SSSR count). The van der Waals surface area contributed by atoms with E-state index in [9.17, 15) is 4.79 Å². The predicted octanol–water partition coefficient (Wildman–Crippen LogP) is 1.56. The Balaban J connectivity index is 2.00. The lowest BCUT2D eigenvalue weighted by Crippen LogP contribution is -2.46. The van der Waals surface area contributed by atoms with Gasteiger partial charge >= 0.3 is 0 Å². The Kier molecular flexibility index (Phi) is 4.74. The van der Waals surface area contributed by atoms with Gasteiger partial charge in [0.1, 0.15) is 6.61 Å². The zero-order valence-electron chi connectivity index (χ0n) is 10.0. The summed E-state index contributed by atoms with van der Waals surface area (Å²) in [5.41, 5.74) is 1.09. The van der Waals surface area contributed by atoms with Crippen LogP contribution in [0.4, 0.5) is 0 Å². The quantitative estimate of drug-likeness (QED) is 0.917. The summed E-state index contributed by atoms with van der Waals surface area (Å²) in [6, 6.07) is 7.91. The van der Waals surface area contributed by atoms with Crippen molar-refractivity contribution in [1.82, 2.24) is 4.90 Å². The van der Waals surface area contributed by atoms with Gasteiger partial charge in [-0.2, -0.15) is 0 Å². The molecule has 1 heterocycles. The van der Waals surface area contributed by atoms with Crippen molar-refractivity contribution in [2.45, 2.75) is 19.1 Å². The Bertz CT molecular complexity index is 424. The van der Waals surface area contributed by atoms with Gasteiger partial charge in [0.05, 0.1) is 6.10 Å². The maximum atomic E-state index is 11.8. The highest BCUT2D eigenvalue weighted by Crippen LogP contribution is 2.16. The molecule has 0 spiro atoms. The first-order valence-electron chi connectivity index (χ1n) is 5.93. The number of nitrogens with zero attached hydrogens (tertiary/aromatic N) is 1. The normalized spacial score (nSPS) is 20.2. The number of halogens is 1. The molecule has 0 radical (unpaired) electrons. The average molecular weight is 314 g/mol. The van der Waals surface area contributed by atoms with E-state index >= 15 is 0 Å². The van der Waals surface area contributed by atoms with Crippen molar-refractivity contribution in [1.29, 1.82) is 0 Å². The van der Waals surface area contributed by atoms with E-state index in [4.69, 9.17) is 9.84 Å². The first-order chi connectivity index (χ1) is 8.69.